The van der Waals surface area contributed by atoms with Crippen LogP contribution in [-0.4, -0.2) is 145 Å². The molecule has 18 heterocycles. The summed E-state index contributed by atoms with van der Waals surface area (Å²) >= 11 is 9.66. The van der Waals surface area contributed by atoms with Gasteiger partial charge in [-0.25, -0.2) is 47.1 Å². The first-order valence-corrected chi connectivity index (χ1v) is 52.4. The zero-order valence-electron chi connectivity index (χ0n) is 66.6. The second kappa shape index (κ2) is 39.5. The Bertz CT molecular complexity index is 6670. The maximum atomic E-state index is 13.0. The predicted octanol–water partition coefficient (Wildman–Crippen LogP) is 13.7. The molecule has 119 heavy (non-hydrogen) atoms. The summed E-state index contributed by atoms with van der Waals surface area (Å²) in [4.78, 5) is 94.6. The van der Waals surface area contributed by atoms with Crippen molar-refractivity contribution in [1.29, 1.82) is 0 Å². The number of pyridine rings is 6. The maximum absolute atomic E-state index is 13.0. The maximum Gasteiger partial charge on any atom is 0.291 e. The van der Waals surface area contributed by atoms with Crippen molar-refractivity contribution >= 4 is 184 Å². The SMILES string of the molecule is CCC[CH2][Sn]([CH2]CCC)([CH2]CCC)[c]1ccccn1.CS(=O)(=O)Cl.Cn1c2nc(CCl)sc2c2cnn(Cc3cccnc3)c(=O)c21.Cn1c2nc(CO)sc2c2cnn(Cc3cccnc3)c(=O)c21.Cn1c2nc(Cc3ccccn3)sc2c2cnn(Cc3cccnc3)c(=O)c21.Cn1c2ncsc2c2cnn(Cc3cccnc3)c(=O)c21. The molecule has 18 aromatic heterocycles. The molecule has 0 saturated carbocycles. The van der Waals surface area contributed by atoms with Crippen LogP contribution in [0.4, 0.5) is 0 Å². The predicted molar refractivity (Wildman–Crippen MR) is 478 cm³/mol. The van der Waals surface area contributed by atoms with Crippen LogP contribution in [0.15, 0.2) is 196 Å². The minimum atomic E-state index is -3.19. The Hall–Kier alpha value is -10.6. The van der Waals surface area contributed by atoms with E-state index in [1.807, 2.05) is 108 Å². The van der Waals surface area contributed by atoms with Crippen molar-refractivity contribution in [1.82, 2.24) is 107 Å². The van der Waals surface area contributed by atoms with Gasteiger partial charge in [0, 0.05) is 128 Å². The van der Waals surface area contributed by atoms with Crippen LogP contribution in [0.5, 0.6) is 0 Å². The van der Waals surface area contributed by atoms with Crippen LogP contribution in [-0.2, 0) is 82.3 Å². The van der Waals surface area contributed by atoms with E-state index in [9.17, 15) is 32.7 Å². The quantitative estimate of drug-likeness (QED) is 0.0374. The van der Waals surface area contributed by atoms with Crippen LogP contribution < -0.4 is 25.9 Å². The Morgan fingerprint density at radius 2 is 0.782 bits per heavy atom. The third-order valence-electron chi connectivity index (χ3n) is 19.9. The second-order valence-electron chi connectivity index (χ2n) is 28.2. The van der Waals surface area contributed by atoms with Gasteiger partial charge < -0.3 is 23.4 Å². The number of fused-ring (bicyclic) bond motifs is 12. The molecule has 0 bridgehead atoms. The van der Waals surface area contributed by atoms with E-state index in [-0.39, 0.29) is 28.8 Å². The molecule has 0 saturated heterocycles. The summed E-state index contributed by atoms with van der Waals surface area (Å²) in [7, 11) is 8.70. The molecule has 37 heteroatoms. The molecule has 0 aromatic carbocycles. The zero-order chi connectivity index (χ0) is 83.9. The van der Waals surface area contributed by atoms with Gasteiger partial charge in [0.2, 0.25) is 9.05 Å². The van der Waals surface area contributed by atoms with Crippen LogP contribution in [0.1, 0.15) is 102 Å². The number of thiazole rings is 4. The van der Waals surface area contributed by atoms with Crippen molar-refractivity contribution in [3.05, 3.63) is 262 Å². The van der Waals surface area contributed by atoms with E-state index in [1.54, 1.807) is 113 Å². The Kier molecular flexibility index (Phi) is 28.7. The number of alkyl halides is 1. The van der Waals surface area contributed by atoms with Crippen LogP contribution in [0.2, 0.25) is 13.3 Å². The van der Waals surface area contributed by atoms with Gasteiger partial charge >= 0.3 is 124 Å². The largest absolute Gasteiger partial charge is 0.389 e. The zero-order valence-corrected chi connectivity index (χ0v) is 75.0. The molecule has 1 N–H and O–H groups in total. The van der Waals surface area contributed by atoms with Gasteiger partial charge in [-0.1, -0.05) is 30.3 Å². The Balaban J connectivity index is 0.000000128. The van der Waals surface area contributed by atoms with E-state index in [1.165, 1.54) is 105 Å². The Morgan fingerprint density at radius 1 is 0.429 bits per heavy atom. The minimum absolute atomic E-state index is 0.105. The average molecular weight is 1840 g/mol. The van der Waals surface area contributed by atoms with Gasteiger partial charge in [0.05, 0.1) is 94.0 Å². The van der Waals surface area contributed by atoms with Crippen LogP contribution >= 0.6 is 67.6 Å². The van der Waals surface area contributed by atoms with E-state index in [0.29, 0.717) is 71.2 Å². The van der Waals surface area contributed by atoms with E-state index in [2.05, 4.69) is 110 Å². The van der Waals surface area contributed by atoms with Crippen molar-refractivity contribution in [3.63, 3.8) is 0 Å². The molecule has 0 aliphatic carbocycles. The summed E-state index contributed by atoms with van der Waals surface area (Å²) < 4.78 is 41.8. The summed E-state index contributed by atoms with van der Waals surface area (Å²) in [5.41, 5.74) is 11.5. The van der Waals surface area contributed by atoms with Crippen LogP contribution in [0, 0.1) is 0 Å². The Labute approximate surface area is 712 Å². The molecule has 29 nitrogen and oxygen atoms in total. The van der Waals surface area contributed by atoms with Crippen molar-refractivity contribution < 1.29 is 13.5 Å². The molecule has 614 valence electrons. The Morgan fingerprint density at radius 3 is 1.13 bits per heavy atom. The third kappa shape index (κ3) is 20.0. The smallest absolute Gasteiger partial charge is 0.291 e. The summed E-state index contributed by atoms with van der Waals surface area (Å²) in [6, 6.07) is 27.5. The molecular formula is C82H86Cl2N22O7S5Sn. The standard InChI is InChI=1S/C20H16N6OS.C15H12ClN5OS.C15H13N5O2S.C14H11N5OS.C5H4N.3C4H9.CH3ClO2S.Sn/c1-25-17-15(11-23-26(20(17)27)12-13-5-4-7-21-10-13)18-19(25)24-16(28-18)9-14-6-2-3-8-22-14;1-20-12-10(13-14(20)19-11(5-16)23-13)7-18-21(15(12)22)8-9-3-2-4-17-6-9;1-19-12-10(13-14(19)18-11(8-21)23-13)6-17-20(15(12)22)7-9-3-2-4-16-5-9;1-18-11-10(12-13(18)16-8-21-12)6-17-19(14(11)20)7-9-3-2-4-15-5-9;1-2-4-6-5-3-1;3*1-3-4-2;1-5(2,3)4;/h2-8,10-11H,9,12H2,1H3;2-4,6-7H,5,8H2,1H3;2-6,21H,7-8H2,1H3;2-6,8H,7H2,1H3;1-4H;3*1,3-4H2,2H3;1H3;. The normalized spacial score (nSPS) is 11.6. The topological polar surface area (TPSA) is 343 Å². The van der Waals surface area contributed by atoms with Gasteiger partial charge in [-0.3, -0.25) is 44.1 Å². The van der Waals surface area contributed by atoms with E-state index < -0.39 is 27.4 Å². The second-order valence-corrected chi connectivity index (χ2v) is 48.7. The summed E-state index contributed by atoms with van der Waals surface area (Å²) in [5, 5.41) is 32.2. The van der Waals surface area contributed by atoms with Crippen molar-refractivity contribution in [2.24, 2.45) is 28.2 Å². The fourth-order valence-corrected chi connectivity index (χ4v) is 33.7. The number of aliphatic hydroxyl groups is 1. The van der Waals surface area contributed by atoms with Gasteiger partial charge in [0.1, 0.15) is 37.1 Å². The number of aromatic nitrogens is 22. The van der Waals surface area contributed by atoms with E-state index in [0.717, 1.165) is 102 Å². The van der Waals surface area contributed by atoms with Gasteiger partial charge in [0.25, 0.3) is 22.2 Å². The van der Waals surface area contributed by atoms with E-state index >= 15 is 0 Å². The third-order valence-corrected chi connectivity index (χ3v) is 39.6. The fraction of sp³-hybridized carbons (Fsp3) is 0.293. The molecule has 0 atom stereocenters. The van der Waals surface area contributed by atoms with Crippen LogP contribution in [0.3, 0.4) is 0 Å². The molecule has 18 aromatic rings. The van der Waals surface area contributed by atoms with Gasteiger partial charge in [-0.2, -0.15) is 20.4 Å². The number of nitrogens with zero attached hydrogens (tertiary/aromatic N) is 22. The first kappa shape index (κ1) is 86.3. The summed E-state index contributed by atoms with van der Waals surface area (Å²) in [6.45, 7) is 8.44. The van der Waals surface area contributed by atoms with Gasteiger partial charge in [0.15, 0.2) is 22.6 Å². The number of hydrogen-bond acceptors (Lipinski definition) is 25. The number of unbranched alkanes of at least 4 members (excludes halogenated alkanes) is 3. The molecule has 0 spiro atoms. The molecular weight excluding hydrogens is 1760 g/mol. The average Bonchev–Trinajstić information content (AvgIpc) is 1.61. The number of hydrogen-bond donors (Lipinski definition) is 1. The van der Waals surface area contributed by atoms with Crippen molar-refractivity contribution in [3.8, 4) is 0 Å². The molecule has 0 aliphatic heterocycles. The van der Waals surface area contributed by atoms with Crippen molar-refractivity contribution in [2.45, 2.75) is 118 Å². The molecule has 0 fully saturated rings. The first-order chi connectivity index (χ1) is 57.6. The number of aryl methyl sites for hydroxylation is 4. The molecule has 0 radical (unpaired) electrons. The molecule has 0 unspecified atom stereocenters. The molecule has 0 amide bonds. The van der Waals surface area contributed by atoms with Crippen molar-refractivity contribution in [2.75, 3.05) is 6.26 Å². The van der Waals surface area contributed by atoms with Gasteiger partial charge in [-0.05, 0) is 58.7 Å². The number of halogens is 2. The molecule has 18 rings (SSSR count). The summed E-state index contributed by atoms with van der Waals surface area (Å²) in [5.74, 6) is 0.367. The number of aliphatic hydroxyl groups excluding tert-OH is 1. The number of rotatable bonds is 22. The fourth-order valence-electron chi connectivity index (χ4n) is 14.2. The minimum Gasteiger partial charge on any atom is -0.389 e. The monoisotopic (exact) mass is 1840 g/mol. The van der Waals surface area contributed by atoms with Crippen LogP contribution in [0.25, 0.3) is 85.0 Å². The van der Waals surface area contributed by atoms with E-state index in [4.69, 9.17) is 21.6 Å². The first-order valence-electron chi connectivity index (χ1n) is 38.4. The van der Waals surface area contributed by atoms with Gasteiger partial charge in [-0.15, -0.1) is 56.9 Å². The summed E-state index contributed by atoms with van der Waals surface area (Å²) in [6.07, 6.45) is 34.3. The molecule has 0 aliphatic rings.